The number of hydrogen-bond donors (Lipinski definition) is 1. The summed E-state index contributed by atoms with van der Waals surface area (Å²) in [6, 6.07) is 1.30. The maximum absolute atomic E-state index is 12.3. The molecule has 2 rings (SSSR count). The van der Waals surface area contributed by atoms with Crippen molar-refractivity contribution >= 4 is 0 Å². The van der Waals surface area contributed by atoms with Crippen molar-refractivity contribution < 1.29 is 23.0 Å². The highest BCUT2D eigenvalue weighted by Gasteiger charge is 2.39. The second-order valence-corrected chi connectivity index (χ2v) is 4.55. The number of aliphatic hydroxyl groups excluding tert-OH is 1. The highest BCUT2D eigenvalue weighted by atomic mass is 19.4. The zero-order valence-electron chi connectivity index (χ0n) is 9.86. The Morgan fingerprint density at radius 1 is 1.50 bits per heavy atom. The predicted molar refractivity (Wildman–Crippen MR) is 59.0 cm³/mol. The second-order valence-electron chi connectivity index (χ2n) is 4.55. The molecule has 0 amide bonds. The standard InChI is InChI=1S/C12H16F3NO2/c13-12(14,15)11(17)9-3-5-16(8-9)6-4-10-2-1-7-18-10/h3,5,8,10-11,17H,1-2,4,6-7H2. The molecule has 0 bridgehead atoms. The van der Waals surface area contributed by atoms with Crippen LogP contribution in [0, 0.1) is 0 Å². The van der Waals surface area contributed by atoms with Gasteiger partial charge in [0, 0.05) is 31.1 Å². The Labute approximate surface area is 103 Å². The van der Waals surface area contributed by atoms with E-state index in [0.717, 1.165) is 25.9 Å². The second kappa shape index (κ2) is 5.32. The molecule has 6 heteroatoms. The number of halogens is 3. The molecule has 102 valence electrons. The maximum Gasteiger partial charge on any atom is 0.418 e. The molecule has 0 spiro atoms. The Morgan fingerprint density at radius 2 is 2.28 bits per heavy atom. The summed E-state index contributed by atoms with van der Waals surface area (Å²) in [5.41, 5.74) is -0.116. The van der Waals surface area contributed by atoms with Crippen molar-refractivity contribution in [3.8, 4) is 0 Å². The van der Waals surface area contributed by atoms with Gasteiger partial charge in [0.05, 0.1) is 6.10 Å². The molecule has 3 nitrogen and oxygen atoms in total. The van der Waals surface area contributed by atoms with Crippen molar-refractivity contribution in [3.63, 3.8) is 0 Å². The van der Waals surface area contributed by atoms with E-state index in [0.29, 0.717) is 6.54 Å². The van der Waals surface area contributed by atoms with E-state index in [4.69, 9.17) is 9.84 Å². The smallest absolute Gasteiger partial charge is 0.379 e. The SMILES string of the molecule is OC(c1ccn(CCC2CCCO2)c1)C(F)(F)F. The van der Waals surface area contributed by atoms with Gasteiger partial charge < -0.3 is 14.4 Å². The number of aliphatic hydroxyl groups is 1. The van der Waals surface area contributed by atoms with Gasteiger partial charge in [0.1, 0.15) is 0 Å². The first-order valence-electron chi connectivity index (χ1n) is 5.99. The average molecular weight is 263 g/mol. The highest BCUT2D eigenvalue weighted by molar-refractivity contribution is 5.15. The molecule has 1 aromatic rings. The largest absolute Gasteiger partial charge is 0.418 e. The normalized spacial score (nSPS) is 22.3. The van der Waals surface area contributed by atoms with E-state index < -0.39 is 12.3 Å². The van der Waals surface area contributed by atoms with Crippen molar-refractivity contribution in [2.75, 3.05) is 6.61 Å². The van der Waals surface area contributed by atoms with E-state index in [1.54, 1.807) is 10.8 Å². The molecule has 1 saturated heterocycles. The van der Waals surface area contributed by atoms with Crippen LogP contribution in [0.5, 0.6) is 0 Å². The molecule has 2 heterocycles. The highest BCUT2D eigenvalue weighted by Crippen LogP contribution is 2.32. The van der Waals surface area contributed by atoms with Crippen LogP contribution in [-0.4, -0.2) is 28.6 Å². The van der Waals surface area contributed by atoms with Crippen LogP contribution in [-0.2, 0) is 11.3 Å². The fraction of sp³-hybridized carbons (Fsp3) is 0.667. The molecule has 1 N–H and O–H groups in total. The molecule has 0 radical (unpaired) electrons. The lowest BCUT2D eigenvalue weighted by Crippen LogP contribution is -2.19. The first kappa shape index (κ1) is 13.4. The number of aromatic nitrogens is 1. The van der Waals surface area contributed by atoms with E-state index in [1.807, 2.05) is 0 Å². The summed E-state index contributed by atoms with van der Waals surface area (Å²) in [5.74, 6) is 0. The van der Waals surface area contributed by atoms with Gasteiger partial charge in [-0.1, -0.05) is 0 Å². The average Bonchev–Trinajstić information content (AvgIpc) is 2.95. The predicted octanol–water partition coefficient (Wildman–Crippen LogP) is 2.65. The van der Waals surface area contributed by atoms with Crippen molar-refractivity contribution in [2.45, 2.75) is 44.2 Å². The lowest BCUT2D eigenvalue weighted by atomic mass is 10.2. The third-order valence-electron chi connectivity index (χ3n) is 3.13. The van der Waals surface area contributed by atoms with Crippen LogP contribution in [0.1, 0.15) is 30.9 Å². The topological polar surface area (TPSA) is 34.4 Å². The number of nitrogens with zero attached hydrogens (tertiary/aromatic N) is 1. The Balaban J connectivity index is 1.89. The minimum Gasteiger partial charge on any atom is -0.379 e. The van der Waals surface area contributed by atoms with E-state index >= 15 is 0 Å². The van der Waals surface area contributed by atoms with Crippen LogP contribution >= 0.6 is 0 Å². The van der Waals surface area contributed by atoms with E-state index in [9.17, 15) is 13.2 Å². The van der Waals surface area contributed by atoms with Crippen LogP contribution in [0.15, 0.2) is 18.5 Å². The van der Waals surface area contributed by atoms with Gasteiger partial charge in [-0.25, -0.2) is 0 Å². The molecule has 0 saturated carbocycles. The lowest BCUT2D eigenvalue weighted by Gasteiger charge is -2.13. The minimum absolute atomic E-state index is 0.116. The Kier molecular flexibility index (Phi) is 3.97. The number of ether oxygens (including phenoxy) is 1. The van der Waals surface area contributed by atoms with Crippen molar-refractivity contribution in [3.05, 3.63) is 24.0 Å². The summed E-state index contributed by atoms with van der Waals surface area (Å²) in [6.45, 7) is 1.38. The fourth-order valence-corrected chi connectivity index (χ4v) is 2.11. The summed E-state index contributed by atoms with van der Waals surface area (Å²) in [6.07, 6.45) is -1.05. The molecule has 18 heavy (non-hydrogen) atoms. The van der Waals surface area contributed by atoms with E-state index in [1.165, 1.54) is 12.3 Å². The van der Waals surface area contributed by atoms with Crippen molar-refractivity contribution in [1.82, 2.24) is 4.57 Å². The molecule has 1 fully saturated rings. The van der Waals surface area contributed by atoms with Crippen LogP contribution in [0.3, 0.4) is 0 Å². The number of alkyl halides is 3. The van der Waals surface area contributed by atoms with Gasteiger partial charge >= 0.3 is 6.18 Å². The third kappa shape index (κ3) is 3.26. The number of hydrogen-bond acceptors (Lipinski definition) is 2. The van der Waals surface area contributed by atoms with Gasteiger partial charge in [-0.2, -0.15) is 13.2 Å². The Morgan fingerprint density at radius 3 is 2.89 bits per heavy atom. The zero-order chi connectivity index (χ0) is 13.2. The lowest BCUT2D eigenvalue weighted by molar-refractivity contribution is -0.206. The molecule has 1 aromatic heterocycles. The van der Waals surface area contributed by atoms with E-state index in [2.05, 4.69) is 0 Å². The molecule has 0 aliphatic carbocycles. The van der Waals surface area contributed by atoms with Gasteiger partial charge in [-0.05, 0) is 25.3 Å². The first-order chi connectivity index (χ1) is 8.47. The molecular formula is C12H16F3NO2. The van der Waals surface area contributed by atoms with Crippen LogP contribution < -0.4 is 0 Å². The zero-order valence-corrected chi connectivity index (χ0v) is 9.86. The molecular weight excluding hydrogens is 247 g/mol. The van der Waals surface area contributed by atoms with Crippen LogP contribution in [0.2, 0.25) is 0 Å². The Bertz CT molecular complexity index is 383. The summed E-state index contributed by atoms with van der Waals surface area (Å²) < 4.78 is 44.0. The molecule has 0 aromatic carbocycles. The molecule has 2 atom stereocenters. The van der Waals surface area contributed by atoms with Gasteiger partial charge in [0.25, 0.3) is 0 Å². The fourth-order valence-electron chi connectivity index (χ4n) is 2.11. The summed E-state index contributed by atoms with van der Waals surface area (Å²) in [4.78, 5) is 0. The van der Waals surface area contributed by atoms with Crippen molar-refractivity contribution in [1.29, 1.82) is 0 Å². The van der Waals surface area contributed by atoms with Crippen LogP contribution in [0.4, 0.5) is 13.2 Å². The number of rotatable bonds is 4. The van der Waals surface area contributed by atoms with Gasteiger partial charge in [0.2, 0.25) is 0 Å². The number of aryl methyl sites for hydroxylation is 1. The Hall–Kier alpha value is -1.01. The molecule has 1 aliphatic heterocycles. The van der Waals surface area contributed by atoms with Gasteiger partial charge in [-0.3, -0.25) is 0 Å². The third-order valence-corrected chi connectivity index (χ3v) is 3.13. The van der Waals surface area contributed by atoms with E-state index in [-0.39, 0.29) is 11.7 Å². The maximum atomic E-state index is 12.3. The summed E-state index contributed by atoms with van der Waals surface area (Å²) in [5, 5.41) is 9.09. The first-order valence-corrected chi connectivity index (χ1v) is 5.99. The molecule has 1 aliphatic rings. The van der Waals surface area contributed by atoms with Gasteiger partial charge in [-0.15, -0.1) is 0 Å². The quantitative estimate of drug-likeness (QED) is 0.906. The minimum atomic E-state index is -4.61. The molecule has 2 unspecified atom stereocenters. The van der Waals surface area contributed by atoms with Gasteiger partial charge in [0.15, 0.2) is 6.10 Å². The van der Waals surface area contributed by atoms with Crippen LogP contribution in [0.25, 0.3) is 0 Å². The summed E-state index contributed by atoms with van der Waals surface area (Å²) in [7, 11) is 0. The monoisotopic (exact) mass is 263 g/mol. The van der Waals surface area contributed by atoms with Crippen molar-refractivity contribution in [2.24, 2.45) is 0 Å². The summed E-state index contributed by atoms with van der Waals surface area (Å²) >= 11 is 0.